The fraction of sp³-hybridized carbons (Fsp3) is 0.182. The van der Waals surface area contributed by atoms with Crippen molar-refractivity contribution in [2.24, 2.45) is 0 Å². The van der Waals surface area contributed by atoms with Gasteiger partial charge in [-0.05, 0) is 54.3 Å². The lowest BCUT2D eigenvalue weighted by Crippen LogP contribution is -2.11. The Hall–Kier alpha value is -2.14. The predicted molar refractivity (Wildman–Crippen MR) is 119 cm³/mol. The van der Waals surface area contributed by atoms with E-state index in [0.29, 0.717) is 22.7 Å². The van der Waals surface area contributed by atoms with Gasteiger partial charge in [0.25, 0.3) is 5.56 Å². The second-order valence-corrected chi connectivity index (χ2v) is 8.64. The molecule has 6 heteroatoms. The molecule has 0 saturated heterocycles. The highest BCUT2D eigenvalue weighted by molar-refractivity contribution is 7.19. The van der Waals surface area contributed by atoms with Gasteiger partial charge in [0.15, 0.2) is 0 Å². The van der Waals surface area contributed by atoms with E-state index in [1.54, 1.807) is 11.3 Å². The molecule has 1 N–H and O–H groups in total. The van der Waals surface area contributed by atoms with Crippen LogP contribution in [0.25, 0.3) is 21.3 Å². The van der Waals surface area contributed by atoms with E-state index in [-0.39, 0.29) is 5.56 Å². The van der Waals surface area contributed by atoms with Crippen LogP contribution in [-0.2, 0) is 12.8 Å². The van der Waals surface area contributed by atoms with Gasteiger partial charge in [0.1, 0.15) is 10.7 Å². The van der Waals surface area contributed by atoms with Crippen molar-refractivity contribution in [3.05, 3.63) is 84.7 Å². The molecule has 2 heterocycles. The Morgan fingerprint density at radius 2 is 1.96 bits per heavy atom. The van der Waals surface area contributed by atoms with E-state index in [1.807, 2.05) is 49.4 Å². The highest BCUT2D eigenvalue weighted by atomic mass is 35.5. The van der Waals surface area contributed by atoms with Crippen molar-refractivity contribution in [1.29, 1.82) is 0 Å². The fourth-order valence-electron chi connectivity index (χ4n) is 3.38. The summed E-state index contributed by atoms with van der Waals surface area (Å²) in [5.41, 5.74) is 3.85. The van der Waals surface area contributed by atoms with E-state index in [9.17, 15) is 4.79 Å². The van der Waals surface area contributed by atoms with Gasteiger partial charge in [-0.2, -0.15) is 0 Å². The maximum atomic E-state index is 13.0. The second kappa shape index (κ2) is 7.70. The molecule has 2 aromatic carbocycles. The monoisotopic (exact) mass is 428 g/mol. The van der Waals surface area contributed by atoms with E-state index < -0.39 is 0 Å². The van der Waals surface area contributed by atoms with Gasteiger partial charge in [-0.1, -0.05) is 48.3 Å². The average Bonchev–Trinajstić information content (AvgIpc) is 3.03. The van der Waals surface area contributed by atoms with Crippen LogP contribution >= 0.6 is 34.5 Å². The minimum atomic E-state index is -0.111. The Morgan fingerprint density at radius 3 is 2.68 bits per heavy atom. The fourth-order valence-corrected chi connectivity index (χ4v) is 4.86. The Morgan fingerprint density at radius 1 is 1.14 bits per heavy atom. The maximum absolute atomic E-state index is 13.0. The van der Waals surface area contributed by atoms with Crippen LogP contribution in [0.3, 0.4) is 0 Å². The third kappa shape index (κ3) is 3.60. The number of hydrogen-bond donors (Lipinski definition) is 1. The largest absolute Gasteiger partial charge is 0.310 e. The minimum absolute atomic E-state index is 0.111. The molecule has 142 valence electrons. The van der Waals surface area contributed by atoms with Crippen molar-refractivity contribution in [3.8, 4) is 11.1 Å². The summed E-state index contributed by atoms with van der Waals surface area (Å²) >= 11 is 13.8. The first-order chi connectivity index (χ1) is 13.5. The number of hydrogen-bond acceptors (Lipinski definition) is 3. The molecule has 0 atom stereocenters. The van der Waals surface area contributed by atoms with Gasteiger partial charge < -0.3 is 4.98 Å². The first-order valence-electron chi connectivity index (χ1n) is 9.01. The zero-order valence-electron chi connectivity index (χ0n) is 15.5. The summed E-state index contributed by atoms with van der Waals surface area (Å²) in [5, 5.41) is 2.04. The van der Waals surface area contributed by atoms with Crippen molar-refractivity contribution in [1.82, 2.24) is 9.97 Å². The van der Waals surface area contributed by atoms with Crippen LogP contribution in [0.1, 0.15) is 28.8 Å². The van der Waals surface area contributed by atoms with Gasteiger partial charge >= 0.3 is 0 Å². The molecule has 0 aliphatic carbocycles. The predicted octanol–water partition coefficient (Wildman–Crippen LogP) is 6.42. The van der Waals surface area contributed by atoms with Crippen LogP contribution in [0.5, 0.6) is 0 Å². The molecule has 3 nitrogen and oxygen atoms in total. The normalized spacial score (nSPS) is 11.3. The molecular formula is C22H18Cl2N2OS. The number of nitrogens with one attached hydrogen (secondary N) is 1. The quantitative estimate of drug-likeness (QED) is 0.407. The van der Waals surface area contributed by atoms with Gasteiger partial charge in [0.2, 0.25) is 0 Å². The van der Waals surface area contributed by atoms with Crippen molar-refractivity contribution in [3.63, 3.8) is 0 Å². The van der Waals surface area contributed by atoms with E-state index in [0.717, 1.165) is 43.4 Å². The molecule has 0 fully saturated rings. The summed E-state index contributed by atoms with van der Waals surface area (Å²) in [6.45, 7) is 4.07. The molecule has 4 rings (SSSR count). The lowest BCUT2D eigenvalue weighted by Gasteiger charge is -2.06. The molecule has 2 aromatic heterocycles. The molecule has 0 aliphatic rings. The summed E-state index contributed by atoms with van der Waals surface area (Å²) in [4.78, 5) is 22.6. The number of aryl methyl sites for hydroxylation is 2. The number of aromatic amines is 1. The molecule has 28 heavy (non-hydrogen) atoms. The lowest BCUT2D eigenvalue weighted by molar-refractivity contribution is 0.977. The number of nitrogens with zero attached hydrogens (tertiary/aromatic N) is 1. The van der Waals surface area contributed by atoms with Gasteiger partial charge in [-0.25, -0.2) is 4.98 Å². The molecule has 4 aromatic rings. The van der Waals surface area contributed by atoms with E-state index >= 15 is 0 Å². The van der Waals surface area contributed by atoms with E-state index in [2.05, 4.69) is 11.9 Å². The Bertz CT molecular complexity index is 1240. The van der Waals surface area contributed by atoms with Gasteiger partial charge in [-0.15, -0.1) is 11.3 Å². The number of halogens is 2. The highest BCUT2D eigenvalue weighted by Crippen LogP contribution is 2.37. The third-order valence-electron chi connectivity index (χ3n) is 4.71. The standard InChI is InChI=1S/C22H18Cl2N2OS/c1-3-17-19(14-7-8-16(24)12(2)9-14)20-21(27)25-18(26-22(20)28-17)11-13-5-4-6-15(23)10-13/h4-10H,3,11H2,1-2H3,(H,25,26,27). The van der Waals surface area contributed by atoms with Crippen LogP contribution in [-0.4, -0.2) is 9.97 Å². The molecule has 0 spiro atoms. The average molecular weight is 429 g/mol. The van der Waals surface area contributed by atoms with Crippen molar-refractivity contribution in [2.45, 2.75) is 26.7 Å². The van der Waals surface area contributed by atoms with Crippen molar-refractivity contribution >= 4 is 44.8 Å². The summed E-state index contributed by atoms with van der Waals surface area (Å²) in [6.07, 6.45) is 1.36. The molecule has 0 radical (unpaired) electrons. The second-order valence-electron chi connectivity index (χ2n) is 6.72. The van der Waals surface area contributed by atoms with Crippen LogP contribution in [0.15, 0.2) is 47.3 Å². The molecule has 0 unspecified atom stereocenters. The van der Waals surface area contributed by atoms with Gasteiger partial charge in [0.05, 0.1) is 5.39 Å². The first-order valence-corrected chi connectivity index (χ1v) is 10.6. The first kappa shape index (κ1) is 19.2. The van der Waals surface area contributed by atoms with E-state index in [4.69, 9.17) is 28.2 Å². The number of rotatable bonds is 4. The van der Waals surface area contributed by atoms with E-state index in [1.165, 1.54) is 0 Å². The number of benzene rings is 2. The summed E-state index contributed by atoms with van der Waals surface area (Å²) in [5.74, 6) is 0.641. The summed E-state index contributed by atoms with van der Waals surface area (Å²) in [6, 6.07) is 13.5. The molecule has 0 saturated carbocycles. The minimum Gasteiger partial charge on any atom is -0.310 e. The van der Waals surface area contributed by atoms with Crippen molar-refractivity contribution in [2.75, 3.05) is 0 Å². The molecule has 0 amide bonds. The Kier molecular flexibility index (Phi) is 5.28. The van der Waals surface area contributed by atoms with Crippen molar-refractivity contribution < 1.29 is 0 Å². The van der Waals surface area contributed by atoms with Crippen LogP contribution < -0.4 is 5.56 Å². The highest BCUT2D eigenvalue weighted by Gasteiger charge is 2.18. The SMILES string of the molecule is CCc1sc2nc(Cc3cccc(Cl)c3)[nH]c(=O)c2c1-c1ccc(Cl)c(C)c1. The van der Waals surface area contributed by atoms with Gasteiger partial charge in [0, 0.05) is 26.9 Å². The Balaban J connectivity index is 1.86. The maximum Gasteiger partial charge on any atom is 0.260 e. The summed E-state index contributed by atoms with van der Waals surface area (Å²) < 4.78 is 0. The number of fused-ring (bicyclic) bond motifs is 1. The zero-order chi connectivity index (χ0) is 19.8. The number of aromatic nitrogens is 2. The molecular weight excluding hydrogens is 411 g/mol. The Labute approximate surface area is 177 Å². The van der Waals surface area contributed by atoms with Crippen LogP contribution in [0.4, 0.5) is 0 Å². The zero-order valence-corrected chi connectivity index (χ0v) is 17.8. The van der Waals surface area contributed by atoms with Gasteiger partial charge in [-0.3, -0.25) is 4.79 Å². The molecule has 0 aliphatic heterocycles. The third-order valence-corrected chi connectivity index (χ3v) is 6.60. The lowest BCUT2D eigenvalue weighted by atomic mass is 10.0. The topological polar surface area (TPSA) is 45.8 Å². The smallest absolute Gasteiger partial charge is 0.260 e. The van der Waals surface area contributed by atoms with Crippen LogP contribution in [0.2, 0.25) is 10.0 Å². The number of H-pyrrole nitrogens is 1. The number of thiophene rings is 1. The van der Waals surface area contributed by atoms with Crippen LogP contribution in [0, 0.1) is 6.92 Å². The summed E-state index contributed by atoms with van der Waals surface area (Å²) in [7, 11) is 0. The molecule has 0 bridgehead atoms.